The molecule has 0 saturated carbocycles. The molecule has 0 atom stereocenters. The van der Waals surface area contributed by atoms with Crippen molar-refractivity contribution in [3.05, 3.63) is 12.0 Å². The minimum Gasteiger partial charge on any atom is -0.432 e. The van der Waals surface area contributed by atoms with Gasteiger partial charge in [-0.1, -0.05) is 12.8 Å². The maximum atomic E-state index is 5.35. The summed E-state index contributed by atoms with van der Waals surface area (Å²) in [7, 11) is 0. The zero-order valence-corrected chi connectivity index (χ0v) is 9.29. The van der Waals surface area contributed by atoms with Crippen molar-refractivity contribution in [2.75, 3.05) is 24.5 Å². The molecule has 1 aromatic heterocycles. The minimum absolute atomic E-state index is 0.525. The summed E-state index contributed by atoms with van der Waals surface area (Å²) in [4.78, 5) is 6.25. The maximum Gasteiger partial charge on any atom is 0.298 e. The number of aromatic nitrogens is 1. The van der Waals surface area contributed by atoms with E-state index < -0.39 is 0 Å². The van der Waals surface area contributed by atoms with Crippen LogP contribution in [0.2, 0.25) is 0 Å². The van der Waals surface area contributed by atoms with Crippen LogP contribution in [0.4, 0.5) is 6.01 Å². The molecule has 4 nitrogen and oxygen atoms in total. The molecule has 0 spiro atoms. The van der Waals surface area contributed by atoms with Gasteiger partial charge in [-0.05, 0) is 13.5 Å². The van der Waals surface area contributed by atoms with Gasteiger partial charge in [-0.25, -0.2) is 0 Å². The molecule has 1 rings (SSSR count). The minimum atomic E-state index is 0.525. The lowest BCUT2D eigenvalue weighted by molar-refractivity contribution is 0.542. The van der Waals surface area contributed by atoms with Crippen molar-refractivity contribution in [3.8, 4) is 12.3 Å². The van der Waals surface area contributed by atoms with Crippen LogP contribution in [-0.2, 0) is 6.54 Å². The largest absolute Gasteiger partial charge is 0.432 e. The molecular weight excluding hydrogens is 190 g/mol. The second-order valence-corrected chi connectivity index (χ2v) is 3.12. The predicted octanol–water partition coefficient (Wildman–Crippen LogP) is 1.24. The van der Waals surface area contributed by atoms with Crippen LogP contribution in [-0.4, -0.2) is 24.6 Å². The number of terminal acetylenes is 1. The highest BCUT2D eigenvalue weighted by atomic mass is 16.4. The van der Waals surface area contributed by atoms with Crippen LogP contribution < -0.4 is 10.2 Å². The summed E-state index contributed by atoms with van der Waals surface area (Å²) in [5, 5.41) is 3.19. The summed E-state index contributed by atoms with van der Waals surface area (Å²) < 4.78 is 5.35. The molecule has 0 bridgehead atoms. The van der Waals surface area contributed by atoms with E-state index in [2.05, 4.69) is 23.1 Å². The van der Waals surface area contributed by atoms with Gasteiger partial charge in [0.15, 0.2) is 0 Å². The van der Waals surface area contributed by atoms with Gasteiger partial charge < -0.3 is 14.6 Å². The molecule has 0 amide bonds. The van der Waals surface area contributed by atoms with Gasteiger partial charge in [-0.2, -0.15) is 4.98 Å². The van der Waals surface area contributed by atoms with Gasteiger partial charge in [-0.3, -0.25) is 0 Å². The van der Waals surface area contributed by atoms with Crippen LogP contribution in [0.15, 0.2) is 10.7 Å². The third-order valence-electron chi connectivity index (χ3n) is 2.03. The molecule has 0 unspecified atom stereocenters. The molecule has 0 saturated heterocycles. The fraction of sp³-hybridized carbons (Fsp3) is 0.545. The Morgan fingerprint density at radius 3 is 3.00 bits per heavy atom. The quantitative estimate of drug-likeness (QED) is 0.713. The van der Waals surface area contributed by atoms with Gasteiger partial charge in [0, 0.05) is 13.1 Å². The van der Waals surface area contributed by atoms with Crippen molar-refractivity contribution in [2.45, 2.75) is 20.4 Å². The van der Waals surface area contributed by atoms with Crippen molar-refractivity contribution >= 4 is 6.01 Å². The number of anilines is 1. The number of oxazole rings is 1. The van der Waals surface area contributed by atoms with Crippen molar-refractivity contribution < 1.29 is 4.42 Å². The lowest BCUT2D eigenvalue weighted by atomic mass is 10.5. The summed E-state index contributed by atoms with van der Waals surface area (Å²) in [6.07, 6.45) is 6.92. The summed E-state index contributed by atoms with van der Waals surface area (Å²) in [6.45, 7) is 7.05. The summed E-state index contributed by atoms with van der Waals surface area (Å²) in [5.41, 5.74) is 0.905. The zero-order chi connectivity index (χ0) is 11.1. The van der Waals surface area contributed by atoms with Gasteiger partial charge in [0.05, 0.1) is 12.2 Å². The monoisotopic (exact) mass is 207 g/mol. The van der Waals surface area contributed by atoms with Crippen molar-refractivity contribution in [1.82, 2.24) is 10.3 Å². The summed E-state index contributed by atoms with van der Waals surface area (Å²) in [5.74, 6) is 2.58. The summed E-state index contributed by atoms with van der Waals surface area (Å²) >= 11 is 0. The molecule has 0 aliphatic carbocycles. The number of rotatable bonds is 6. The van der Waals surface area contributed by atoms with Crippen molar-refractivity contribution in [1.29, 1.82) is 0 Å². The molecule has 1 heterocycles. The van der Waals surface area contributed by atoms with Crippen LogP contribution in [0, 0.1) is 12.3 Å². The Bertz CT molecular complexity index is 327. The topological polar surface area (TPSA) is 41.3 Å². The Morgan fingerprint density at radius 1 is 1.60 bits per heavy atom. The number of hydrogen-bond acceptors (Lipinski definition) is 4. The summed E-state index contributed by atoms with van der Waals surface area (Å²) in [6, 6.07) is 0.600. The third-order valence-corrected chi connectivity index (χ3v) is 2.03. The molecule has 0 fully saturated rings. The highest BCUT2D eigenvalue weighted by Crippen LogP contribution is 2.12. The average Bonchev–Trinajstić information content (AvgIpc) is 2.71. The Kier molecular flexibility index (Phi) is 4.72. The van der Waals surface area contributed by atoms with Crippen LogP contribution >= 0.6 is 0 Å². The van der Waals surface area contributed by atoms with Gasteiger partial charge >= 0.3 is 0 Å². The van der Waals surface area contributed by atoms with E-state index in [9.17, 15) is 0 Å². The first-order valence-electron chi connectivity index (χ1n) is 5.15. The second-order valence-electron chi connectivity index (χ2n) is 3.12. The average molecular weight is 207 g/mol. The first-order chi connectivity index (χ1) is 7.31. The molecule has 1 N–H and O–H groups in total. The number of nitrogens with one attached hydrogen (secondary N) is 1. The van der Waals surface area contributed by atoms with Crippen LogP contribution in [0.5, 0.6) is 0 Å². The van der Waals surface area contributed by atoms with Gasteiger partial charge in [0.1, 0.15) is 6.26 Å². The Labute approximate surface area is 90.7 Å². The molecule has 0 aliphatic rings. The molecule has 1 aromatic rings. The number of hydrogen-bond donors (Lipinski definition) is 1. The SMILES string of the molecule is C#CCN(CC)c1nc(CNCC)co1. The predicted molar refractivity (Wildman–Crippen MR) is 60.6 cm³/mol. The molecule has 0 radical (unpaired) electrons. The molecule has 15 heavy (non-hydrogen) atoms. The van der Waals surface area contributed by atoms with E-state index in [0.29, 0.717) is 12.6 Å². The third kappa shape index (κ3) is 3.30. The fourth-order valence-electron chi connectivity index (χ4n) is 1.20. The zero-order valence-electron chi connectivity index (χ0n) is 9.29. The number of nitrogens with zero attached hydrogens (tertiary/aromatic N) is 2. The lowest BCUT2D eigenvalue weighted by Crippen LogP contribution is -2.23. The molecule has 0 aromatic carbocycles. The van der Waals surface area contributed by atoms with Crippen molar-refractivity contribution in [3.63, 3.8) is 0 Å². The normalized spacial score (nSPS) is 9.93. The van der Waals surface area contributed by atoms with Crippen LogP contribution in [0.3, 0.4) is 0 Å². The lowest BCUT2D eigenvalue weighted by Gasteiger charge is -2.14. The molecule has 4 heteroatoms. The fourth-order valence-corrected chi connectivity index (χ4v) is 1.20. The first kappa shape index (κ1) is 11.6. The van der Waals surface area contributed by atoms with Gasteiger partial charge in [-0.15, -0.1) is 6.42 Å². The Hall–Kier alpha value is -1.47. The Morgan fingerprint density at radius 2 is 2.40 bits per heavy atom. The Balaban J connectivity index is 2.61. The van der Waals surface area contributed by atoms with E-state index >= 15 is 0 Å². The van der Waals surface area contributed by atoms with Gasteiger partial charge in [0.2, 0.25) is 0 Å². The first-order valence-corrected chi connectivity index (χ1v) is 5.15. The highest BCUT2D eigenvalue weighted by molar-refractivity contribution is 5.29. The van der Waals surface area contributed by atoms with E-state index in [-0.39, 0.29) is 0 Å². The molecular formula is C11H17N3O. The van der Waals surface area contributed by atoms with Crippen LogP contribution in [0.25, 0.3) is 0 Å². The van der Waals surface area contributed by atoms with E-state index in [0.717, 1.165) is 25.3 Å². The van der Waals surface area contributed by atoms with E-state index in [1.807, 2.05) is 11.8 Å². The standard InChI is InChI=1S/C11H17N3O/c1-4-7-14(6-3)11-13-10(9-15-11)8-12-5-2/h1,9,12H,5-8H2,2-3H3. The highest BCUT2D eigenvalue weighted by Gasteiger charge is 2.09. The second kappa shape index (κ2) is 6.10. The van der Waals surface area contributed by atoms with Crippen LogP contribution in [0.1, 0.15) is 19.5 Å². The maximum absolute atomic E-state index is 5.35. The van der Waals surface area contributed by atoms with E-state index in [1.54, 1.807) is 6.26 Å². The van der Waals surface area contributed by atoms with Crippen molar-refractivity contribution in [2.24, 2.45) is 0 Å². The molecule has 0 aliphatic heterocycles. The van der Waals surface area contributed by atoms with Gasteiger partial charge in [0.25, 0.3) is 6.01 Å². The van der Waals surface area contributed by atoms with E-state index in [1.165, 1.54) is 0 Å². The van der Waals surface area contributed by atoms with E-state index in [4.69, 9.17) is 10.8 Å². The smallest absolute Gasteiger partial charge is 0.298 e. The molecule has 82 valence electrons.